The molecule has 2 aromatic carbocycles. The second-order valence-electron chi connectivity index (χ2n) is 4.69. The topological polar surface area (TPSA) is 35.1 Å². The van der Waals surface area contributed by atoms with E-state index in [1.165, 1.54) is 11.1 Å². The van der Waals surface area contributed by atoms with Gasteiger partial charge in [0, 0.05) is 6.42 Å². The maximum Gasteiger partial charge on any atom is 0.127 e. The van der Waals surface area contributed by atoms with Crippen LogP contribution in [0.2, 0.25) is 0 Å². The molecule has 2 aromatic rings. The SMILES string of the molecule is COc1ccc(OC)c(C[NH2+]CCc2ccccc2)c1. The van der Waals surface area contributed by atoms with Crippen molar-refractivity contribution in [3.63, 3.8) is 0 Å². The molecule has 0 saturated heterocycles. The van der Waals surface area contributed by atoms with Crippen molar-refractivity contribution in [2.45, 2.75) is 13.0 Å². The summed E-state index contributed by atoms with van der Waals surface area (Å²) in [6.45, 7) is 1.96. The van der Waals surface area contributed by atoms with Crippen LogP contribution in [0.4, 0.5) is 0 Å². The first-order valence-corrected chi connectivity index (χ1v) is 6.90. The summed E-state index contributed by atoms with van der Waals surface area (Å²) < 4.78 is 10.6. The molecular weight excluding hydrogens is 250 g/mol. The van der Waals surface area contributed by atoms with E-state index in [1.807, 2.05) is 24.3 Å². The highest BCUT2D eigenvalue weighted by atomic mass is 16.5. The minimum atomic E-state index is 0.872. The number of quaternary nitrogens is 1. The van der Waals surface area contributed by atoms with Crippen molar-refractivity contribution in [3.8, 4) is 11.5 Å². The third-order valence-corrected chi connectivity index (χ3v) is 3.33. The number of hydrogen-bond donors (Lipinski definition) is 1. The molecule has 0 heterocycles. The zero-order chi connectivity index (χ0) is 14.2. The number of hydrogen-bond acceptors (Lipinski definition) is 2. The zero-order valence-corrected chi connectivity index (χ0v) is 12.1. The molecule has 0 bridgehead atoms. The van der Waals surface area contributed by atoms with Gasteiger partial charge in [0.2, 0.25) is 0 Å². The smallest absolute Gasteiger partial charge is 0.127 e. The minimum absolute atomic E-state index is 0.872. The maximum absolute atomic E-state index is 5.38. The molecular formula is C17H22NO2+. The van der Waals surface area contributed by atoms with Crippen LogP contribution in [0.15, 0.2) is 48.5 Å². The Hall–Kier alpha value is -2.00. The van der Waals surface area contributed by atoms with Crippen LogP contribution in [0.3, 0.4) is 0 Å². The van der Waals surface area contributed by atoms with Gasteiger partial charge >= 0.3 is 0 Å². The van der Waals surface area contributed by atoms with Gasteiger partial charge in [0.1, 0.15) is 18.0 Å². The fourth-order valence-corrected chi connectivity index (χ4v) is 2.21. The van der Waals surface area contributed by atoms with Crippen molar-refractivity contribution in [2.75, 3.05) is 20.8 Å². The Morgan fingerprint density at radius 1 is 0.950 bits per heavy atom. The van der Waals surface area contributed by atoms with Crippen LogP contribution < -0.4 is 14.8 Å². The summed E-state index contributed by atoms with van der Waals surface area (Å²) in [6.07, 6.45) is 1.08. The molecule has 0 radical (unpaired) electrons. The van der Waals surface area contributed by atoms with Gasteiger partial charge in [0.25, 0.3) is 0 Å². The molecule has 0 spiro atoms. The molecule has 0 aliphatic rings. The van der Waals surface area contributed by atoms with Gasteiger partial charge < -0.3 is 14.8 Å². The summed E-state index contributed by atoms with van der Waals surface area (Å²) in [5.41, 5.74) is 2.54. The minimum Gasteiger partial charge on any atom is -0.497 e. The molecule has 3 heteroatoms. The average Bonchev–Trinajstić information content (AvgIpc) is 2.52. The molecule has 106 valence electrons. The molecule has 0 saturated carbocycles. The van der Waals surface area contributed by atoms with E-state index < -0.39 is 0 Å². The first kappa shape index (κ1) is 14.4. The lowest BCUT2D eigenvalue weighted by atomic mass is 10.1. The van der Waals surface area contributed by atoms with Gasteiger partial charge in [-0.05, 0) is 23.8 Å². The van der Waals surface area contributed by atoms with Crippen LogP contribution in [-0.4, -0.2) is 20.8 Å². The van der Waals surface area contributed by atoms with Crippen LogP contribution in [0, 0.1) is 0 Å². The molecule has 0 amide bonds. The molecule has 0 fully saturated rings. The van der Waals surface area contributed by atoms with Gasteiger partial charge in [-0.1, -0.05) is 30.3 Å². The summed E-state index contributed by atoms with van der Waals surface area (Å²) >= 11 is 0. The Bertz CT molecular complexity index is 526. The number of ether oxygens (including phenoxy) is 2. The van der Waals surface area contributed by atoms with Gasteiger partial charge in [0.15, 0.2) is 0 Å². The first-order valence-electron chi connectivity index (χ1n) is 6.90. The van der Waals surface area contributed by atoms with Crippen LogP contribution >= 0.6 is 0 Å². The summed E-state index contributed by atoms with van der Waals surface area (Å²) in [7, 11) is 3.39. The van der Waals surface area contributed by atoms with Crippen molar-refractivity contribution in [2.24, 2.45) is 0 Å². The molecule has 0 aromatic heterocycles. The zero-order valence-electron chi connectivity index (χ0n) is 12.1. The van der Waals surface area contributed by atoms with E-state index in [1.54, 1.807) is 14.2 Å². The lowest BCUT2D eigenvalue weighted by Gasteiger charge is -2.09. The number of rotatable bonds is 7. The second-order valence-corrected chi connectivity index (χ2v) is 4.69. The number of methoxy groups -OCH3 is 2. The Morgan fingerprint density at radius 2 is 1.75 bits per heavy atom. The fourth-order valence-electron chi connectivity index (χ4n) is 2.21. The van der Waals surface area contributed by atoms with Crippen molar-refractivity contribution < 1.29 is 14.8 Å². The predicted octanol–water partition coefficient (Wildman–Crippen LogP) is 2.01. The quantitative estimate of drug-likeness (QED) is 0.783. The largest absolute Gasteiger partial charge is 0.497 e. The molecule has 2 N–H and O–H groups in total. The number of nitrogens with two attached hydrogens (primary N) is 1. The third kappa shape index (κ3) is 4.00. The highest BCUT2D eigenvalue weighted by Gasteiger charge is 2.06. The summed E-state index contributed by atoms with van der Waals surface area (Å²) in [5, 5.41) is 2.30. The van der Waals surface area contributed by atoms with Gasteiger partial charge in [-0.15, -0.1) is 0 Å². The average molecular weight is 272 g/mol. The molecule has 0 atom stereocenters. The van der Waals surface area contributed by atoms with Crippen LogP contribution in [-0.2, 0) is 13.0 Å². The van der Waals surface area contributed by atoms with E-state index in [4.69, 9.17) is 9.47 Å². The van der Waals surface area contributed by atoms with Crippen LogP contribution in [0.5, 0.6) is 11.5 Å². The van der Waals surface area contributed by atoms with Gasteiger partial charge in [0.05, 0.1) is 26.3 Å². The first-order chi connectivity index (χ1) is 9.83. The standard InChI is InChI=1S/C17H21NO2/c1-19-16-8-9-17(20-2)15(12-16)13-18-11-10-14-6-4-3-5-7-14/h3-9,12,18H,10-11,13H2,1-2H3/p+1. The second kappa shape index (κ2) is 7.56. The van der Waals surface area contributed by atoms with Crippen molar-refractivity contribution >= 4 is 0 Å². The van der Waals surface area contributed by atoms with E-state index in [0.29, 0.717) is 0 Å². The molecule has 2 rings (SSSR count). The van der Waals surface area contributed by atoms with E-state index >= 15 is 0 Å². The third-order valence-electron chi connectivity index (χ3n) is 3.33. The Labute approximate surface area is 120 Å². The molecule has 0 unspecified atom stereocenters. The fraction of sp³-hybridized carbons (Fsp3) is 0.294. The summed E-state index contributed by atoms with van der Waals surface area (Å²) in [5.74, 6) is 1.79. The Morgan fingerprint density at radius 3 is 2.45 bits per heavy atom. The maximum atomic E-state index is 5.38. The lowest BCUT2D eigenvalue weighted by molar-refractivity contribution is -0.670. The summed E-state index contributed by atoms with van der Waals surface area (Å²) in [6, 6.07) is 16.5. The molecule has 3 nitrogen and oxygen atoms in total. The van der Waals surface area contributed by atoms with Crippen molar-refractivity contribution in [1.29, 1.82) is 0 Å². The van der Waals surface area contributed by atoms with Crippen molar-refractivity contribution in [3.05, 3.63) is 59.7 Å². The summed E-state index contributed by atoms with van der Waals surface area (Å²) in [4.78, 5) is 0. The van der Waals surface area contributed by atoms with E-state index in [9.17, 15) is 0 Å². The highest BCUT2D eigenvalue weighted by molar-refractivity contribution is 5.39. The van der Waals surface area contributed by atoms with E-state index in [-0.39, 0.29) is 0 Å². The normalized spacial score (nSPS) is 10.3. The number of benzene rings is 2. The lowest BCUT2D eigenvalue weighted by Crippen LogP contribution is -2.83. The highest BCUT2D eigenvalue weighted by Crippen LogP contribution is 2.22. The Balaban J connectivity index is 1.87. The molecule has 0 aliphatic carbocycles. The van der Waals surface area contributed by atoms with Gasteiger partial charge in [-0.2, -0.15) is 0 Å². The monoisotopic (exact) mass is 272 g/mol. The van der Waals surface area contributed by atoms with Crippen LogP contribution in [0.25, 0.3) is 0 Å². The molecule has 20 heavy (non-hydrogen) atoms. The van der Waals surface area contributed by atoms with Gasteiger partial charge in [-0.25, -0.2) is 0 Å². The molecule has 0 aliphatic heterocycles. The van der Waals surface area contributed by atoms with Gasteiger partial charge in [-0.3, -0.25) is 0 Å². The van der Waals surface area contributed by atoms with Crippen molar-refractivity contribution in [1.82, 2.24) is 0 Å². The predicted molar refractivity (Wildman–Crippen MR) is 80.2 cm³/mol. The van der Waals surface area contributed by atoms with E-state index in [0.717, 1.165) is 31.0 Å². The Kier molecular flexibility index (Phi) is 5.44. The van der Waals surface area contributed by atoms with Crippen LogP contribution in [0.1, 0.15) is 11.1 Å². The van der Waals surface area contributed by atoms with E-state index in [2.05, 4.69) is 29.6 Å².